The van der Waals surface area contributed by atoms with E-state index in [0.29, 0.717) is 6.61 Å². The minimum Gasteiger partial charge on any atom is -0.379 e. The molecule has 0 bridgehead atoms. The van der Waals surface area contributed by atoms with Crippen LogP contribution < -0.4 is 10.6 Å². The Kier molecular flexibility index (Phi) is 10.6. The maximum Gasteiger partial charge on any atom is 0.253 e. The number of hydrogen-bond acceptors (Lipinski definition) is 3. The molecule has 0 spiro atoms. The second-order valence-corrected chi connectivity index (χ2v) is 6.59. The number of benzene rings is 1. The average Bonchev–Trinajstić information content (AvgIpc) is 3.43. The first kappa shape index (κ1) is 22.7. The lowest BCUT2D eigenvalue weighted by Crippen LogP contribution is -2.39. The normalized spacial score (nSPS) is 13.7. The molecule has 2 N–H and O–H groups in total. The number of guanidine groups is 1. The smallest absolute Gasteiger partial charge is 0.253 e. The second-order valence-electron chi connectivity index (χ2n) is 6.59. The molecular formula is C19H31IN4O2. The summed E-state index contributed by atoms with van der Waals surface area (Å²) in [6.45, 7) is 3.09. The molecule has 0 heterocycles. The van der Waals surface area contributed by atoms with Crippen LogP contribution >= 0.6 is 24.0 Å². The van der Waals surface area contributed by atoms with Crippen molar-refractivity contribution in [2.75, 3.05) is 47.4 Å². The molecule has 0 atom stereocenters. The first-order valence-electron chi connectivity index (χ1n) is 8.93. The summed E-state index contributed by atoms with van der Waals surface area (Å²) in [5, 5.41) is 6.54. The fraction of sp³-hybridized carbons (Fsp3) is 0.579. The van der Waals surface area contributed by atoms with Gasteiger partial charge in [0.1, 0.15) is 0 Å². The van der Waals surface area contributed by atoms with Crippen molar-refractivity contribution in [3.63, 3.8) is 0 Å². The third kappa shape index (κ3) is 8.35. The highest BCUT2D eigenvalue weighted by Crippen LogP contribution is 2.28. The molecule has 6 nitrogen and oxygen atoms in total. The van der Waals surface area contributed by atoms with E-state index in [1.165, 1.54) is 12.8 Å². The van der Waals surface area contributed by atoms with Gasteiger partial charge in [-0.05, 0) is 42.9 Å². The zero-order valence-electron chi connectivity index (χ0n) is 16.0. The van der Waals surface area contributed by atoms with Crippen LogP contribution in [0.3, 0.4) is 0 Å². The number of carbonyl (C=O) groups is 1. The van der Waals surface area contributed by atoms with Crippen molar-refractivity contribution in [3.05, 3.63) is 35.4 Å². The summed E-state index contributed by atoms with van der Waals surface area (Å²) in [5.41, 5.74) is 1.85. The van der Waals surface area contributed by atoms with Crippen LogP contribution in [0.4, 0.5) is 0 Å². The lowest BCUT2D eigenvalue weighted by atomic mass is 10.1. The molecule has 1 amide bonds. The van der Waals surface area contributed by atoms with Gasteiger partial charge in [-0.3, -0.25) is 9.79 Å². The summed E-state index contributed by atoms with van der Waals surface area (Å²) >= 11 is 0. The molecule has 26 heavy (non-hydrogen) atoms. The molecule has 1 aromatic rings. The van der Waals surface area contributed by atoms with Gasteiger partial charge in [-0.1, -0.05) is 12.1 Å². The molecule has 0 saturated heterocycles. The van der Waals surface area contributed by atoms with Crippen LogP contribution in [-0.2, 0) is 11.2 Å². The quantitative estimate of drug-likeness (QED) is 0.249. The van der Waals surface area contributed by atoms with Crippen LogP contribution in [0.15, 0.2) is 29.3 Å². The molecule has 1 aliphatic carbocycles. The maximum absolute atomic E-state index is 12.0. The highest BCUT2D eigenvalue weighted by molar-refractivity contribution is 14.0. The van der Waals surface area contributed by atoms with Gasteiger partial charge < -0.3 is 20.3 Å². The van der Waals surface area contributed by atoms with E-state index < -0.39 is 0 Å². The van der Waals surface area contributed by atoms with Gasteiger partial charge >= 0.3 is 0 Å². The van der Waals surface area contributed by atoms with Gasteiger partial charge in [0.15, 0.2) is 5.96 Å². The Balaban J connectivity index is 0.00000338. The minimum absolute atomic E-state index is 0. The van der Waals surface area contributed by atoms with Gasteiger partial charge in [-0.25, -0.2) is 0 Å². The summed E-state index contributed by atoms with van der Waals surface area (Å²) < 4.78 is 5.60. The molecule has 1 aromatic carbocycles. The van der Waals surface area contributed by atoms with Crippen molar-refractivity contribution in [2.24, 2.45) is 10.9 Å². The zero-order valence-corrected chi connectivity index (χ0v) is 18.3. The highest BCUT2D eigenvalue weighted by Gasteiger charge is 2.20. The molecule has 1 saturated carbocycles. The summed E-state index contributed by atoms with van der Waals surface area (Å²) in [6, 6.07) is 7.76. The first-order chi connectivity index (χ1) is 12.1. The van der Waals surface area contributed by atoms with E-state index in [1.807, 2.05) is 24.3 Å². The molecule has 7 heteroatoms. The number of hydrogen-bond donors (Lipinski definition) is 2. The maximum atomic E-state index is 12.0. The third-order valence-corrected chi connectivity index (χ3v) is 4.10. The summed E-state index contributed by atoms with van der Waals surface area (Å²) in [6.07, 6.45) is 3.46. The van der Waals surface area contributed by atoms with Crippen molar-refractivity contribution in [1.29, 1.82) is 0 Å². The van der Waals surface area contributed by atoms with Crippen molar-refractivity contribution >= 4 is 35.8 Å². The first-order valence-corrected chi connectivity index (χ1v) is 8.93. The van der Waals surface area contributed by atoms with Crippen LogP contribution in [0.2, 0.25) is 0 Å². The van der Waals surface area contributed by atoms with Crippen LogP contribution in [0.5, 0.6) is 0 Å². The van der Waals surface area contributed by atoms with Crippen LogP contribution in [-0.4, -0.2) is 64.2 Å². The minimum atomic E-state index is 0. The Morgan fingerprint density at radius 2 is 2.00 bits per heavy atom. The van der Waals surface area contributed by atoms with E-state index in [0.717, 1.165) is 49.1 Å². The Morgan fingerprint density at radius 1 is 1.27 bits per heavy atom. The number of rotatable bonds is 9. The van der Waals surface area contributed by atoms with Crippen molar-refractivity contribution in [3.8, 4) is 0 Å². The van der Waals surface area contributed by atoms with E-state index >= 15 is 0 Å². The van der Waals surface area contributed by atoms with Gasteiger partial charge in [-0.15, -0.1) is 24.0 Å². The van der Waals surface area contributed by atoms with E-state index in [1.54, 1.807) is 26.0 Å². The molecule has 0 aliphatic heterocycles. The number of ether oxygens (including phenoxy) is 1. The Bertz CT molecular complexity index is 589. The van der Waals surface area contributed by atoms with Gasteiger partial charge in [0, 0.05) is 46.4 Å². The Morgan fingerprint density at radius 3 is 2.65 bits per heavy atom. The van der Waals surface area contributed by atoms with Crippen molar-refractivity contribution < 1.29 is 9.53 Å². The monoisotopic (exact) mass is 474 g/mol. The van der Waals surface area contributed by atoms with E-state index in [9.17, 15) is 4.79 Å². The molecule has 2 rings (SSSR count). The molecule has 1 fully saturated rings. The Labute approximate surface area is 173 Å². The third-order valence-electron chi connectivity index (χ3n) is 4.10. The van der Waals surface area contributed by atoms with Gasteiger partial charge in [0.2, 0.25) is 0 Å². The van der Waals surface area contributed by atoms with Crippen molar-refractivity contribution in [2.45, 2.75) is 19.3 Å². The Hall–Kier alpha value is -1.35. The number of amides is 1. The van der Waals surface area contributed by atoms with Gasteiger partial charge in [-0.2, -0.15) is 0 Å². The zero-order chi connectivity index (χ0) is 18.1. The highest BCUT2D eigenvalue weighted by atomic mass is 127. The molecule has 146 valence electrons. The standard InChI is InChI=1S/C19H30N4O2.HI/c1-20-19(22-11-12-25-14-16-7-8-16)21-10-9-15-5-4-6-17(13-15)18(24)23(2)3;/h4-6,13,16H,7-12,14H2,1-3H3,(H2,20,21,22);1H. The SMILES string of the molecule is CN=C(NCCOCC1CC1)NCCc1cccc(C(=O)N(C)C)c1.I. The lowest BCUT2D eigenvalue weighted by molar-refractivity contribution is 0.0827. The van der Waals surface area contributed by atoms with Crippen LogP contribution in [0.25, 0.3) is 0 Å². The van der Waals surface area contributed by atoms with E-state index in [4.69, 9.17) is 4.74 Å². The van der Waals surface area contributed by atoms with E-state index in [2.05, 4.69) is 15.6 Å². The summed E-state index contributed by atoms with van der Waals surface area (Å²) in [5.74, 6) is 1.60. The largest absolute Gasteiger partial charge is 0.379 e. The number of aliphatic imine (C=N–C) groups is 1. The topological polar surface area (TPSA) is 66.0 Å². The fourth-order valence-electron chi connectivity index (χ4n) is 2.44. The molecular weight excluding hydrogens is 443 g/mol. The number of nitrogens with zero attached hydrogens (tertiary/aromatic N) is 2. The molecule has 1 aliphatic rings. The molecule has 0 unspecified atom stereocenters. The molecule has 0 radical (unpaired) electrons. The summed E-state index contributed by atoms with van der Waals surface area (Å²) in [7, 11) is 5.29. The summed E-state index contributed by atoms with van der Waals surface area (Å²) in [4.78, 5) is 17.8. The van der Waals surface area contributed by atoms with Gasteiger partial charge in [0.05, 0.1) is 6.61 Å². The predicted molar refractivity (Wildman–Crippen MR) is 116 cm³/mol. The average molecular weight is 474 g/mol. The fourth-order valence-corrected chi connectivity index (χ4v) is 2.44. The molecule has 0 aromatic heterocycles. The predicted octanol–water partition coefficient (Wildman–Crippen LogP) is 2.14. The number of nitrogens with one attached hydrogen (secondary N) is 2. The lowest BCUT2D eigenvalue weighted by Gasteiger charge is -2.13. The van der Waals surface area contributed by atoms with Crippen LogP contribution in [0.1, 0.15) is 28.8 Å². The van der Waals surface area contributed by atoms with Gasteiger partial charge in [0.25, 0.3) is 5.91 Å². The van der Waals surface area contributed by atoms with Crippen LogP contribution in [0, 0.1) is 5.92 Å². The second kappa shape index (κ2) is 12.1. The van der Waals surface area contributed by atoms with E-state index in [-0.39, 0.29) is 29.9 Å². The van der Waals surface area contributed by atoms with Crippen molar-refractivity contribution in [1.82, 2.24) is 15.5 Å². The number of carbonyl (C=O) groups excluding carboxylic acids is 1. The number of halogens is 1.